The summed E-state index contributed by atoms with van der Waals surface area (Å²) in [4.78, 5) is 20.3. The maximum atomic E-state index is 10.8. The van der Waals surface area contributed by atoms with Gasteiger partial charge < -0.3 is 14.5 Å². The summed E-state index contributed by atoms with van der Waals surface area (Å²) in [6.45, 7) is 1.82. The minimum Gasteiger partial charge on any atom is -0.484 e. The molecule has 0 spiro atoms. The third kappa shape index (κ3) is 5.21. The van der Waals surface area contributed by atoms with E-state index in [1.54, 1.807) is 24.3 Å². The third-order valence-electron chi connectivity index (χ3n) is 2.11. The molecule has 0 saturated heterocycles. The minimum atomic E-state index is -4.05. The van der Waals surface area contributed by atoms with E-state index in [0.717, 1.165) is 0 Å². The number of nitrogens with zero attached hydrogens (tertiary/aromatic N) is 3. The molecule has 1 aromatic carbocycles. The second-order valence-corrected chi connectivity index (χ2v) is 5.30. The Labute approximate surface area is 104 Å². The summed E-state index contributed by atoms with van der Waals surface area (Å²) < 4.78 is 16.2. The van der Waals surface area contributed by atoms with Gasteiger partial charge in [0.25, 0.3) is 0 Å². The second kappa shape index (κ2) is 6.42. The van der Waals surface area contributed by atoms with Crippen LogP contribution in [0.2, 0.25) is 0 Å². The zero-order chi connectivity index (χ0) is 13.6. The van der Waals surface area contributed by atoms with Gasteiger partial charge >= 0.3 is 7.60 Å². The normalized spacial score (nSPS) is 12.6. The van der Waals surface area contributed by atoms with Crippen LogP contribution in [0, 0.1) is 0 Å². The lowest BCUT2D eigenvalue weighted by atomic mass is 10.2. The van der Waals surface area contributed by atoms with Crippen LogP contribution in [0.5, 0.6) is 5.75 Å². The number of hydrogen-bond donors (Lipinski definition) is 2. The minimum absolute atomic E-state index is 0.305. The largest absolute Gasteiger partial charge is 0.484 e. The maximum absolute atomic E-state index is 10.8. The standard InChI is InChI=1S/C10H14N3O4P/c1-2-10(12-13-11)17-9-5-3-8(4-6-9)7-18(14,15)16/h3-6,10H,2,7H2,1H3,(H2,14,15,16). The lowest BCUT2D eigenvalue weighted by Crippen LogP contribution is -2.10. The first-order valence-corrected chi connectivity index (χ1v) is 7.08. The Balaban J connectivity index is 2.71. The molecule has 0 heterocycles. The van der Waals surface area contributed by atoms with E-state index in [4.69, 9.17) is 20.1 Å². The van der Waals surface area contributed by atoms with Gasteiger partial charge in [-0.2, -0.15) is 0 Å². The highest BCUT2D eigenvalue weighted by Crippen LogP contribution is 2.39. The van der Waals surface area contributed by atoms with Crippen LogP contribution in [-0.4, -0.2) is 16.0 Å². The fourth-order valence-electron chi connectivity index (χ4n) is 1.31. The van der Waals surface area contributed by atoms with E-state index in [0.29, 0.717) is 17.7 Å². The molecular weight excluding hydrogens is 257 g/mol. The Morgan fingerprint density at radius 3 is 2.50 bits per heavy atom. The number of benzene rings is 1. The highest BCUT2D eigenvalue weighted by Gasteiger charge is 2.14. The van der Waals surface area contributed by atoms with Gasteiger partial charge in [-0.1, -0.05) is 19.1 Å². The van der Waals surface area contributed by atoms with Crippen molar-refractivity contribution in [1.29, 1.82) is 0 Å². The van der Waals surface area contributed by atoms with Crippen LogP contribution in [0.1, 0.15) is 18.9 Å². The molecule has 1 atom stereocenters. The van der Waals surface area contributed by atoms with Crippen LogP contribution in [0.15, 0.2) is 29.4 Å². The van der Waals surface area contributed by atoms with Crippen molar-refractivity contribution in [2.75, 3.05) is 0 Å². The molecule has 0 aliphatic heterocycles. The predicted octanol–water partition coefficient (Wildman–Crippen LogP) is 2.79. The third-order valence-corrected chi connectivity index (χ3v) is 2.89. The molecule has 0 amide bonds. The van der Waals surface area contributed by atoms with Gasteiger partial charge in [-0.15, -0.1) is 0 Å². The topological polar surface area (TPSA) is 116 Å². The molecule has 0 aromatic heterocycles. The van der Waals surface area contributed by atoms with Gasteiger partial charge in [0.2, 0.25) is 0 Å². The van der Waals surface area contributed by atoms with Crippen molar-refractivity contribution in [2.24, 2.45) is 5.11 Å². The van der Waals surface area contributed by atoms with Gasteiger partial charge in [0, 0.05) is 4.91 Å². The molecule has 98 valence electrons. The van der Waals surface area contributed by atoms with E-state index in [1.165, 1.54) is 0 Å². The zero-order valence-corrected chi connectivity index (χ0v) is 10.7. The fraction of sp³-hybridized carbons (Fsp3) is 0.400. The molecule has 7 nitrogen and oxygen atoms in total. The summed E-state index contributed by atoms with van der Waals surface area (Å²) in [6.07, 6.45) is -0.350. The smallest absolute Gasteiger partial charge is 0.329 e. The van der Waals surface area contributed by atoms with Crippen molar-refractivity contribution in [3.63, 3.8) is 0 Å². The number of azide groups is 1. The first kappa shape index (κ1) is 14.5. The van der Waals surface area contributed by atoms with Gasteiger partial charge in [-0.05, 0) is 34.8 Å². The molecule has 0 aliphatic carbocycles. The van der Waals surface area contributed by atoms with Gasteiger partial charge in [-0.3, -0.25) is 4.57 Å². The van der Waals surface area contributed by atoms with Crippen LogP contribution in [0.4, 0.5) is 0 Å². The van der Waals surface area contributed by atoms with E-state index in [2.05, 4.69) is 10.0 Å². The van der Waals surface area contributed by atoms with Crippen molar-refractivity contribution in [3.8, 4) is 5.75 Å². The molecule has 18 heavy (non-hydrogen) atoms. The summed E-state index contributed by atoms with van der Waals surface area (Å²) in [6, 6.07) is 6.30. The summed E-state index contributed by atoms with van der Waals surface area (Å²) in [7, 11) is -4.05. The first-order chi connectivity index (χ1) is 8.44. The molecule has 1 rings (SSSR count). The van der Waals surface area contributed by atoms with Gasteiger partial charge in [-0.25, -0.2) is 0 Å². The Bertz CT molecular complexity index is 478. The number of hydrogen-bond acceptors (Lipinski definition) is 3. The average molecular weight is 271 g/mol. The van der Waals surface area contributed by atoms with E-state index in [1.807, 2.05) is 6.92 Å². The van der Waals surface area contributed by atoms with Crippen molar-refractivity contribution >= 4 is 7.60 Å². The van der Waals surface area contributed by atoms with E-state index in [-0.39, 0.29) is 6.16 Å². The first-order valence-electron chi connectivity index (χ1n) is 5.29. The Morgan fingerprint density at radius 2 is 2.06 bits per heavy atom. The molecule has 0 radical (unpaired) electrons. The maximum Gasteiger partial charge on any atom is 0.329 e. The van der Waals surface area contributed by atoms with Crippen LogP contribution in [0.25, 0.3) is 10.4 Å². The molecule has 0 aliphatic rings. The van der Waals surface area contributed by atoms with Crippen LogP contribution < -0.4 is 4.74 Å². The average Bonchev–Trinajstić information content (AvgIpc) is 2.29. The van der Waals surface area contributed by atoms with Gasteiger partial charge in [0.05, 0.1) is 6.16 Å². The van der Waals surface area contributed by atoms with Gasteiger partial charge in [0.1, 0.15) is 5.75 Å². The van der Waals surface area contributed by atoms with Crippen molar-refractivity contribution in [1.82, 2.24) is 0 Å². The van der Waals surface area contributed by atoms with Crippen molar-refractivity contribution in [2.45, 2.75) is 25.7 Å². The monoisotopic (exact) mass is 271 g/mol. The molecule has 1 aromatic rings. The van der Waals surface area contributed by atoms with E-state index >= 15 is 0 Å². The summed E-state index contributed by atoms with van der Waals surface area (Å²) >= 11 is 0. The molecule has 2 N–H and O–H groups in total. The molecule has 0 fully saturated rings. The quantitative estimate of drug-likeness (QED) is 0.358. The Morgan fingerprint density at radius 1 is 1.44 bits per heavy atom. The predicted molar refractivity (Wildman–Crippen MR) is 66.0 cm³/mol. The number of ether oxygens (including phenoxy) is 1. The zero-order valence-electron chi connectivity index (χ0n) is 9.80. The summed E-state index contributed by atoms with van der Waals surface area (Å²) in [5.74, 6) is 0.490. The molecule has 0 saturated carbocycles. The van der Waals surface area contributed by atoms with Crippen molar-refractivity contribution in [3.05, 3.63) is 40.3 Å². The molecule has 1 unspecified atom stereocenters. The molecule has 8 heteroatoms. The van der Waals surface area contributed by atoms with Crippen molar-refractivity contribution < 1.29 is 19.1 Å². The fourth-order valence-corrected chi connectivity index (χ4v) is 2.00. The highest BCUT2D eigenvalue weighted by molar-refractivity contribution is 7.50. The molecular formula is C10H14N3O4P. The van der Waals surface area contributed by atoms with Crippen LogP contribution in [-0.2, 0) is 10.7 Å². The Hall–Kier alpha value is -1.52. The lowest BCUT2D eigenvalue weighted by molar-refractivity contribution is 0.205. The van der Waals surface area contributed by atoms with Crippen LogP contribution in [0.3, 0.4) is 0 Å². The Kier molecular flexibility index (Phi) is 5.19. The second-order valence-electron chi connectivity index (χ2n) is 3.65. The number of rotatable bonds is 6. The molecule has 0 bridgehead atoms. The SMILES string of the molecule is CCC(N=[N+]=[N-])Oc1ccc(CP(=O)(O)O)cc1. The highest BCUT2D eigenvalue weighted by atomic mass is 31.2. The summed E-state index contributed by atoms with van der Waals surface area (Å²) in [5, 5.41) is 3.45. The van der Waals surface area contributed by atoms with Crippen LogP contribution >= 0.6 is 7.60 Å². The summed E-state index contributed by atoms with van der Waals surface area (Å²) in [5.41, 5.74) is 8.83. The van der Waals surface area contributed by atoms with Gasteiger partial charge in [0.15, 0.2) is 6.23 Å². The van der Waals surface area contributed by atoms with E-state index in [9.17, 15) is 4.57 Å². The van der Waals surface area contributed by atoms with E-state index < -0.39 is 13.8 Å². The lowest BCUT2D eigenvalue weighted by Gasteiger charge is -2.12.